The van der Waals surface area contributed by atoms with Gasteiger partial charge >= 0.3 is 0 Å². The summed E-state index contributed by atoms with van der Waals surface area (Å²) < 4.78 is 0. The number of rotatable bonds is 2. The first-order valence-electron chi connectivity index (χ1n) is 4.82. The van der Waals surface area contributed by atoms with Crippen molar-refractivity contribution in [1.29, 1.82) is 0 Å². The smallest absolute Gasteiger partial charge is 0.255 e. The van der Waals surface area contributed by atoms with E-state index in [2.05, 4.69) is 10.3 Å². The summed E-state index contributed by atoms with van der Waals surface area (Å²) in [6.07, 6.45) is 1.80. The van der Waals surface area contributed by atoms with Crippen molar-refractivity contribution in [3.63, 3.8) is 0 Å². The van der Waals surface area contributed by atoms with Gasteiger partial charge in [0.25, 0.3) is 5.91 Å². The zero-order valence-corrected chi connectivity index (χ0v) is 9.73. The molecule has 0 saturated carbocycles. The first-order chi connectivity index (χ1) is 6.70. The van der Waals surface area contributed by atoms with E-state index in [0.717, 1.165) is 24.3 Å². The van der Waals surface area contributed by atoms with Crippen molar-refractivity contribution in [2.75, 3.05) is 20.1 Å². The summed E-state index contributed by atoms with van der Waals surface area (Å²) in [7, 11) is 1.86. The molecule has 0 aromatic carbocycles. The van der Waals surface area contributed by atoms with Crippen LogP contribution in [0.4, 0.5) is 0 Å². The fourth-order valence-electron chi connectivity index (χ4n) is 1.59. The molecule has 2 heterocycles. The number of halogens is 1. The van der Waals surface area contributed by atoms with Crippen LogP contribution in [0, 0.1) is 6.92 Å². The summed E-state index contributed by atoms with van der Waals surface area (Å²) in [5.41, 5.74) is 1.72. The van der Waals surface area contributed by atoms with Gasteiger partial charge in [-0.15, -0.1) is 12.4 Å². The summed E-state index contributed by atoms with van der Waals surface area (Å²) in [5, 5.41) is 3.16. The number of carbonyl (C=O) groups excluding carboxylic acids is 1. The second-order valence-electron chi connectivity index (χ2n) is 3.74. The Morgan fingerprint density at radius 2 is 2.20 bits per heavy atom. The van der Waals surface area contributed by atoms with Gasteiger partial charge in [-0.2, -0.15) is 0 Å². The number of aromatic amines is 1. The van der Waals surface area contributed by atoms with Crippen molar-refractivity contribution in [2.45, 2.75) is 13.0 Å². The number of nitrogens with one attached hydrogen (secondary N) is 2. The minimum atomic E-state index is 0. The van der Waals surface area contributed by atoms with Gasteiger partial charge in [0.2, 0.25) is 0 Å². The summed E-state index contributed by atoms with van der Waals surface area (Å²) in [5.74, 6) is 0.107. The molecule has 15 heavy (non-hydrogen) atoms. The number of aromatic nitrogens is 1. The second kappa shape index (κ2) is 4.68. The van der Waals surface area contributed by atoms with E-state index in [1.54, 1.807) is 6.20 Å². The van der Waals surface area contributed by atoms with Crippen LogP contribution in [0.3, 0.4) is 0 Å². The molecule has 0 aliphatic carbocycles. The van der Waals surface area contributed by atoms with Gasteiger partial charge in [0.15, 0.2) is 0 Å². The van der Waals surface area contributed by atoms with Crippen LogP contribution < -0.4 is 5.32 Å². The molecule has 84 valence electrons. The van der Waals surface area contributed by atoms with Crippen molar-refractivity contribution in [3.05, 3.63) is 23.5 Å². The molecule has 1 aliphatic rings. The molecule has 1 aromatic heterocycles. The molecule has 1 amide bonds. The molecule has 1 saturated heterocycles. The lowest BCUT2D eigenvalue weighted by molar-refractivity contribution is 0.0680. The zero-order valence-electron chi connectivity index (χ0n) is 8.91. The third-order valence-electron chi connectivity index (χ3n) is 2.81. The van der Waals surface area contributed by atoms with E-state index in [1.165, 1.54) is 0 Å². The number of aryl methyl sites for hydroxylation is 1. The molecule has 0 bridgehead atoms. The molecule has 1 aliphatic heterocycles. The Kier molecular flexibility index (Phi) is 3.77. The highest BCUT2D eigenvalue weighted by atomic mass is 35.5. The Hall–Kier alpha value is -1.00. The number of nitrogens with zero attached hydrogens (tertiary/aromatic N) is 1. The highest BCUT2D eigenvalue weighted by Crippen LogP contribution is 2.11. The lowest BCUT2D eigenvalue weighted by Crippen LogP contribution is -2.57. The van der Waals surface area contributed by atoms with Gasteiger partial charge in [0, 0.05) is 32.0 Å². The minimum absolute atomic E-state index is 0. The number of H-pyrrole nitrogens is 1. The van der Waals surface area contributed by atoms with Gasteiger partial charge in [-0.3, -0.25) is 4.79 Å². The lowest BCUT2D eigenvalue weighted by Gasteiger charge is -2.35. The average Bonchev–Trinajstić information content (AvgIpc) is 2.47. The molecular weight excluding hydrogens is 214 g/mol. The van der Waals surface area contributed by atoms with Crippen LogP contribution in [0.5, 0.6) is 0 Å². The van der Waals surface area contributed by atoms with E-state index in [0.29, 0.717) is 6.04 Å². The molecule has 2 N–H and O–H groups in total. The van der Waals surface area contributed by atoms with Crippen molar-refractivity contribution >= 4 is 18.3 Å². The monoisotopic (exact) mass is 229 g/mol. The van der Waals surface area contributed by atoms with Crippen LogP contribution >= 0.6 is 12.4 Å². The van der Waals surface area contributed by atoms with E-state index in [4.69, 9.17) is 0 Å². The van der Waals surface area contributed by atoms with E-state index in [9.17, 15) is 4.79 Å². The number of amides is 1. The van der Waals surface area contributed by atoms with Gasteiger partial charge in [0.05, 0.1) is 11.6 Å². The van der Waals surface area contributed by atoms with Crippen LogP contribution in [0.2, 0.25) is 0 Å². The van der Waals surface area contributed by atoms with Crippen molar-refractivity contribution in [2.24, 2.45) is 0 Å². The van der Waals surface area contributed by atoms with Crippen LogP contribution in [-0.2, 0) is 0 Å². The van der Waals surface area contributed by atoms with Gasteiger partial charge in [0.1, 0.15) is 0 Å². The maximum atomic E-state index is 11.9. The summed E-state index contributed by atoms with van der Waals surface area (Å²) in [4.78, 5) is 16.8. The van der Waals surface area contributed by atoms with Crippen LogP contribution in [-0.4, -0.2) is 42.0 Å². The SMILES string of the molecule is Cc1[nH]ccc1C(=O)N(C)C1CNC1.Cl. The zero-order chi connectivity index (χ0) is 10.1. The topological polar surface area (TPSA) is 48.1 Å². The highest BCUT2D eigenvalue weighted by molar-refractivity contribution is 5.95. The molecule has 2 rings (SSSR count). The number of likely N-dealkylation sites (N-methyl/N-ethyl adjacent to an activating group) is 1. The van der Waals surface area contributed by atoms with E-state index in [-0.39, 0.29) is 18.3 Å². The maximum Gasteiger partial charge on any atom is 0.255 e. The minimum Gasteiger partial charge on any atom is -0.365 e. The van der Waals surface area contributed by atoms with Crippen molar-refractivity contribution < 1.29 is 4.79 Å². The normalized spacial score (nSPS) is 15.3. The molecule has 0 spiro atoms. The first kappa shape index (κ1) is 12.1. The molecule has 4 nitrogen and oxygen atoms in total. The van der Waals surface area contributed by atoms with Crippen molar-refractivity contribution in [3.8, 4) is 0 Å². The lowest BCUT2D eigenvalue weighted by atomic mass is 10.1. The predicted octanol–water partition coefficient (Wildman–Crippen LogP) is 0.789. The Balaban J connectivity index is 0.00000112. The standard InChI is InChI=1S/C10H15N3O.ClH/c1-7-9(3-4-12-7)10(14)13(2)8-5-11-6-8;/h3-4,8,11-12H,5-6H2,1-2H3;1H. The van der Waals surface area contributed by atoms with E-state index in [1.807, 2.05) is 24.9 Å². The summed E-state index contributed by atoms with van der Waals surface area (Å²) in [6, 6.07) is 2.19. The summed E-state index contributed by atoms with van der Waals surface area (Å²) >= 11 is 0. The average molecular weight is 230 g/mol. The van der Waals surface area contributed by atoms with Gasteiger partial charge in [-0.1, -0.05) is 0 Å². The molecular formula is C10H16ClN3O. The Bertz CT molecular complexity index is 346. The van der Waals surface area contributed by atoms with E-state index < -0.39 is 0 Å². The molecule has 1 fully saturated rings. The number of hydrogen-bond acceptors (Lipinski definition) is 2. The quantitative estimate of drug-likeness (QED) is 0.788. The number of hydrogen-bond donors (Lipinski definition) is 2. The van der Waals surface area contributed by atoms with Gasteiger partial charge in [-0.25, -0.2) is 0 Å². The van der Waals surface area contributed by atoms with Crippen LogP contribution in [0.1, 0.15) is 16.1 Å². The second-order valence-corrected chi connectivity index (χ2v) is 3.74. The Labute approximate surface area is 95.4 Å². The van der Waals surface area contributed by atoms with Gasteiger partial charge < -0.3 is 15.2 Å². The molecule has 0 unspecified atom stereocenters. The van der Waals surface area contributed by atoms with Crippen LogP contribution in [0.15, 0.2) is 12.3 Å². The maximum absolute atomic E-state index is 11.9. The summed E-state index contributed by atoms with van der Waals surface area (Å²) in [6.45, 7) is 3.73. The molecule has 0 radical (unpaired) electrons. The fraction of sp³-hybridized carbons (Fsp3) is 0.500. The third kappa shape index (κ3) is 2.16. The largest absolute Gasteiger partial charge is 0.365 e. The van der Waals surface area contributed by atoms with Gasteiger partial charge in [-0.05, 0) is 13.0 Å². The predicted molar refractivity (Wildman–Crippen MR) is 61.5 cm³/mol. The first-order valence-corrected chi connectivity index (χ1v) is 4.82. The molecule has 0 atom stereocenters. The Morgan fingerprint density at radius 3 is 2.60 bits per heavy atom. The molecule has 5 heteroatoms. The van der Waals surface area contributed by atoms with Crippen LogP contribution in [0.25, 0.3) is 0 Å². The van der Waals surface area contributed by atoms with E-state index >= 15 is 0 Å². The fourth-order valence-corrected chi connectivity index (χ4v) is 1.59. The molecule has 1 aromatic rings. The van der Waals surface area contributed by atoms with Crippen molar-refractivity contribution in [1.82, 2.24) is 15.2 Å². The Morgan fingerprint density at radius 1 is 1.53 bits per heavy atom. The number of carbonyl (C=O) groups is 1. The highest BCUT2D eigenvalue weighted by Gasteiger charge is 2.26. The third-order valence-corrected chi connectivity index (χ3v) is 2.81.